The van der Waals surface area contributed by atoms with E-state index in [9.17, 15) is 9.59 Å². The fourth-order valence-corrected chi connectivity index (χ4v) is 5.06. The van der Waals surface area contributed by atoms with E-state index in [4.69, 9.17) is 10.5 Å². The number of carbonyl (C=O) groups excluding carboxylic acids is 2. The third kappa shape index (κ3) is 3.61. The smallest absolute Gasteiger partial charge is 0.255 e. The van der Waals surface area contributed by atoms with E-state index in [2.05, 4.69) is 17.5 Å². The van der Waals surface area contributed by atoms with Crippen molar-refractivity contribution in [2.45, 2.75) is 12.5 Å². The predicted octanol–water partition coefficient (Wildman–Crippen LogP) is 3.46. The van der Waals surface area contributed by atoms with Crippen molar-refractivity contribution in [1.29, 1.82) is 0 Å². The molecule has 2 N–H and O–H groups in total. The van der Waals surface area contributed by atoms with E-state index in [-0.39, 0.29) is 18.6 Å². The molecule has 0 saturated heterocycles. The number of amides is 2. The summed E-state index contributed by atoms with van der Waals surface area (Å²) in [7, 11) is 0. The maximum absolute atomic E-state index is 13.2. The van der Waals surface area contributed by atoms with Crippen LogP contribution in [0.3, 0.4) is 0 Å². The molecule has 27 heavy (non-hydrogen) atoms. The van der Waals surface area contributed by atoms with E-state index >= 15 is 0 Å². The van der Waals surface area contributed by atoms with Crippen LogP contribution in [-0.4, -0.2) is 29.9 Å². The minimum atomic E-state index is -0.533. The first-order chi connectivity index (χ1) is 13.1. The number of ether oxygens (including phenoxy) is 1. The van der Waals surface area contributed by atoms with Crippen LogP contribution in [0.5, 0.6) is 5.75 Å². The predicted molar refractivity (Wildman–Crippen MR) is 106 cm³/mol. The van der Waals surface area contributed by atoms with Gasteiger partial charge in [0, 0.05) is 21.9 Å². The monoisotopic (exact) mass is 398 g/mol. The number of fused-ring (bicyclic) bond motifs is 1. The number of hydrogen-bond acceptors (Lipinski definition) is 5. The summed E-state index contributed by atoms with van der Waals surface area (Å²) in [5.41, 5.74) is 6.91. The Balaban J connectivity index is 1.60. The maximum atomic E-state index is 13.2. The molecule has 1 aliphatic heterocycles. The third-order valence-electron chi connectivity index (χ3n) is 4.52. The van der Waals surface area contributed by atoms with Crippen LogP contribution in [0.1, 0.15) is 31.7 Å². The zero-order valence-corrected chi connectivity index (χ0v) is 16.1. The highest BCUT2D eigenvalue weighted by atomic mass is 32.1. The van der Waals surface area contributed by atoms with Crippen LogP contribution in [0, 0.1) is 0 Å². The third-order valence-corrected chi connectivity index (χ3v) is 6.44. The Bertz CT molecular complexity index is 948. The first kappa shape index (κ1) is 17.8. The lowest BCUT2D eigenvalue weighted by Gasteiger charge is -2.35. The van der Waals surface area contributed by atoms with E-state index in [1.54, 1.807) is 46.9 Å². The normalized spacial score (nSPS) is 16.0. The van der Waals surface area contributed by atoms with E-state index in [1.807, 2.05) is 16.3 Å². The van der Waals surface area contributed by atoms with Gasteiger partial charge in [-0.1, -0.05) is 6.07 Å². The molecule has 0 spiro atoms. The number of carbonyl (C=O) groups is 2. The number of nitrogens with two attached hydrogens (primary N) is 1. The largest absolute Gasteiger partial charge is 0.484 e. The van der Waals surface area contributed by atoms with Gasteiger partial charge < -0.3 is 15.4 Å². The number of nitrogens with zero attached hydrogens (tertiary/aromatic N) is 1. The minimum absolute atomic E-state index is 0.00768. The quantitative estimate of drug-likeness (QED) is 0.715. The lowest BCUT2D eigenvalue weighted by molar-refractivity contribution is -0.119. The Labute approximate surface area is 165 Å². The number of benzene rings is 1. The Morgan fingerprint density at radius 1 is 1.11 bits per heavy atom. The summed E-state index contributed by atoms with van der Waals surface area (Å²) in [5.74, 6) is -0.0283. The molecule has 3 heterocycles. The van der Waals surface area contributed by atoms with Crippen LogP contribution in [0.15, 0.2) is 53.2 Å². The maximum Gasteiger partial charge on any atom is 0.255 e. The van der Waals surface area contributed by atoms with Gasteiger partial charge in [0.05, 0.1) is 6.04 Å². The molecular weight excluding hydrogens is 380 g/mol. The lowest BCUT2D eigenvalue weighted by Crippen LogP contribution is -2.39. The lowest BCUT2D eigenvalue weighted by atomic mass is 9.97. The van der Waals surface area contributed by atoms with Crippen molar-refractivity contribution in [1.82, 2.24) is 4.90 Å². The van der Waals surface area contributed by atoms with Gasteiger partial charge in [0.1, 0.15) is 5.75 Å². The van der Waals surface area contributed by atoms with E-state index in [0.29, 0.717) is 17.9 Å². The molecule has 138 valence electrons. The number of thiophene rings is 2. The standard InChI is InChI=1S/C20H18N2O3S2/c21-18(23)12-25-14-5-3-13(4-6-14)20(24)22-9-7-16-15(8-11-27-16)19(22)17-2-1-10-26-17/h1-6,8,10-11,19H,7,9,12H2,(H2,21,23)/t19-/m0/s1. The van der Waals surface area contributed by atoms with Crippen LogP contribution in [0.25, 0.3) is 0 Å². The summed E-state index contributed by atoms with van der Waals surface area (Å²) >= 11 is 3.43. The molecule has 2 amide bonds. The first-order valence-electron chi connectivity index (χ1n) is 8.55. The molecule has 0 saturated carbocycles. The molecule has 4 rings (SSSR count). The zero-order chi connectivity index (χ0) is 18.8. The molecule has 0 radical (unpaired) electrons. The van der Waals surface area contributed by atoms with Crippen molar-refractivity contribution in [3.63, 3.8) is 0 Å². The van der Waals surface area contributed by atoms with E-state index in [0.717, 1.165) is 6.42 Å². The van der Waals surface area contributed by atoms with Gasteiger partial charge in [0.25, 0.3) is 11.8 Å². The Morgan fingerprint density at radius 2 is 1.93 bits per heavy atom. The molecule has 7 heteroatoms. The highest BCUT2D eigenvalue weighted by molar-refractivity contribution is 7.10. The van der Waals surface area contributed by atoms with Crippen molar-refractivity contribution in [2.24, 2.45) is 5.73 Å². The van der Waals surface area contributed by atoms with Gasteiger partial charge in [0.2, 0.25) is 0 Å². The molecule has 2 aromatic heterocycles. The van der Waals surface area contributed by atoms with Gasteiger partial charge in [-0.05, 0) is 59.1 Å². The van der Waals surface area contributed by atoms with Gasteiger partial charge >= 0.3 is 0 Å². The van der Waals surface area contributed by atoms with Crippen molar-refractivity contribution < 1.29 is 14.3 Å². The van der Waals surface area contributed by atoms with Crippen LogP contribution >= 0.6 is 22.7 Å². The number of primary amides is 1. The molecule has 0 fully saturated rings. The topological polar surface area (TPSA) is 72.6 Å². The Morgan fingerprint density at radius 3 is 2.63 bits per heavy atom. The van der Waals surface area contributed by atoms with Crippen LogP contribution in [-0.2, 0) is 11.2 Å². The molecule has 5 nitrogen and oxygen atoms in total. The summed E-state index contributed by atoms with van der Waals surface area (Å²) in [4.78, 5) is 28.5. The van der Waals surface area contributed by atoms with Crippen LogP contribution < -0.4 is 10.5 Å². The Kier molecular flexibility index (Phi) is 4.96. The Hall–Kier alpha value is -2.64. The molecule has 0 unspecified atom stereocenters. The van der Waals surface area contributed by atoms with Gasteiger partial charge in [-0.3, -0.25) is 9.59 Å². The highest BCUT2D eigenvalue weighted by Gasteiger charge is 2.33. The average molecular weight is 399 g/mol. The second-order valence-electron chi connectivity index (χ2n) is 6.24. The second-order valence-corrected chi connectivity index (χ2v) is 8.22. The zero-order valence-electron chi connectivity index (χ0n) is 14.5. The average Bonchev–Trinajstić information content (AvgIpc) is 3.37. The number of hydrogen-bond donors (Lipinski definition) is 1. The highest BCUT2D eigenvalue weighted by Crippen LogP contribution is 2.40. The fourth-order valence-electron chi connectivity index (χ4n) is 3.30. The van der Waals surface area contributed by atoms with Crippen molar-refractivity contribution in [3.8, 4) is 5.75 Å². The first-order valence-corrected chi connectivity index (χ1v) is 10.3. The molecule has 1 aliphatic rings. The van der Waals surface area contributed by atoms with Gasteiger partial charge in [-0.2, -0.15) is 0 Å². The summed E-state index contributed by atoms with van der Waals surface area (Å²) in [6.07, 6.45) is 0.875. The second kappa shape index (κ2) is 7.54. The van der Waals surface area contributed by atoms with Crippen LogP contribution in [0.4, 0.5) is 0 Å². The minimum Gasteiger partial charge on any atom is -0.484 e. The van der Waals surface area contributed by atoms with Crippen LogP contribution in [0.2, 0.25) is 0 Å². The summed E-state index contributed by atoms with van der Waals surface area (Å²) in [6, 6.07) is 13.0. The molecular formula is C20H18N2O3S2. The summed E-state index contributed by atoms with van der Waals surface area (Å²) < 4.78 is 5.27. The molecule has 0 aliphatic carbocycles. The van der Waals surface area contributed by atoms with Gasteiger partial charge in [0.15, 0.2) is 6.61 Å². The summed E-state index contributed by atoms with van der Waals surface area (Å²) in [5, 5.41) is 4.15. The van der Waals surface area contributed by atoms with Gasteiger partial charge in [-0.25, -0.2) is 0 Å². The van der Waals surface area contributed by atoms with Crippen molar-refractivity contribution in [2.75, 3.05) is 13.2 Å². The van der Waals surface area contributed by atoms with E-state index in [1.165, 1.54) is 15.3 Å². The molecule has 0 bridgehead atoms. The van der Waals surface area contributed by atoms with Gasteiger partial charge in [-0.15, -0.1) is 22.7 Å². The SMILES string of the molecule is NC(=O)COc1ccc(C(=O)N2CCc3sccc3[C@H]2c2cccs2)cc1. The molecule has 1 atom stereocenters. The van der Waals surface area contributed by atoms with Crippen molar-refractivity contribution >= 4 is 34.5 Å². The van der Waals surface area contributed by atoms with E-state index < -0.39 is 5.91 Å². The van der Waals surface area contributed by atoms with Crippen molar-refractivity contribution in [3.05, 3.63) is 74.1 Å². The molecule has 1 aromatic carbocycles. The molecule has 3 aromatic rings. The fraction of sp³-hybridized carbons (Fsp3) is 0.200. The summed E-state index contributed by atoms with van der Waals surface area (Å²) in [6.45, 7) is 0.510. The number of rotatable bonds is 5.